The van der Waals surface area contributed by atoms with E-state index >= 15 is 0 Å². The first-order valence-electron chi connectivity index (χ1n) is 5.40. The van der Waals surface area contributed by atoms with Crippen molar-refractivity contribution in [1.82, 2.24) is 10.3 Å². The van der Waals surface area contributed by atoms with Crippen molar-refractivity contribution in [1.29, 1.82) is 0 Å². The molecule has 2 rings (SSSR count). The third kappa shape index (κ3) is 3.73. The molecule has 0 aliphatic heterocycles. The Kier molecular flexibility index (Phi) is 5.88. The third-order valence-corrected chi connectivity index (χ3v) is 3.17. The zero-order valence-electron chi connectivity index (χ0n) is 9.93. The van der Waals surface area contributed by atoms with E-state index in [2.05, 4.69) is 10.3 Å². The number of hydrogen-bond acceptors (Lipinski definition) is 4. The van der Waals surface area contributed by atoms with E-state index in [1.54, 1.807) is 17.6 Å². The molecule has 1 aromatic carbocycles. The number of rotatable bonds is 4. The van der Waals surface area contributed by atoms with Crippen LogP contribution in [0.1, 0.15) is 10.5 Å². The second-order valence-electron chi connectivity index (χ2n) is 3.59. The van der Waals surface area contributed by atoms with Crippen molar-refractivity contribution in [3.05, 3.63) is 41.3 Å². The normalized spacial score (nSPS) is 9.79. The van der Waals surface area contributed by atoms with Gasteiger partial charge in [0.15, 0.2) is 0 Å². The van der Waals surface area contributed by atoms with Crippen molar-refractivity contribution < 1.29 is 9.18 Å². The van der Waals surface area contributed by atoms with Gasteiger partial charge < -0.3 is 11.1 Å². The molecule has 102 valence electrons. The molecule has 0 aliphatic rings. The van der Waals surface area contributed by atoms with Crippen LogP contribution < -0.4 is 11.1 Å². The van der Waals surface area contributed by atoms with Crippen molar-refractivity contribution in [2.24, 2.45) is 5.73 Å². The fourth-order valence-electron chi connectivity index (χ4n) is 1.51. The zero-order chi connectivity index (χ0) is 13.0. The smallest absolute Gasteiger partial charge is 0.271 e. The van der Waals surface area contributed by atoms with Gasteiger partial charge in [-0.3, -0.25) is 4.79 Å². The van der Waals surface area contributed by atoms with Crippen molar-refractivity contribution in [3.8, 4) is 10.4 Å². The van der Waals surface area contributed by atoms with E-state index in [1.165, 1.54) is 23.5 Å². The number of nitrogens with two attached hydrogens (primary N) is 1. The Bertz CT molecular complexity index is 561. The van der Waals surface area contributed by atoms with Crippen molar-refractivity contribution in [3.63, 3.8) is 0 Å². The van der Waals surface area contributed by atoms with Gasteiger partial charge in [0.25, 0.3) is 5.91 Å². The molecule has 0 radical (unpaired) electrons. The number of carbonyl (C=O) groups is 1. The van der Waals surface area contributed by atoms with Gasteiger partial charge in [-0.25, -0.2) is 9.37 Å². The molecule has 0 fully saturated rings. The molecule has 3 N–H and O–H groups in total. The fraction of sp³-hybridized carbons (Fsp3) is 0.167. The average Bonchev–Trinajstić information content (AvgIpc) is 2.85. The summed E-state index contributed by atoms with van der Waals surface area (Å²) < 4.78 is 13.2. The van der Waals surface area contributed by atoms with Crippen molar-refractivity contribution in [2.75, 3.05) is 13.1 Å². The van der Waals surface area contributed by atoms with Crippen LogP contribution in [0.2, 0.25) is 0 Å². The molecular weight excluding hydrogens is 289 g/mol. The van der Waals surface area contributed by atoms with E-state index in [4.69, 9.17) is 5.73 Å². The monoisotopic (exact) mass is 301 g/mol. The van der Waals surface area contributed by atoms with Gasteiger partial charge in [0.1, 0.15) is 11.5 Å². The van der Waals surface area contributed by atoms with Crippen LogP contribution in [0.5, 0.6) is 0 Å². The van der Waals surface area contributed by atoms with E-state index in [9.17, 15) is 9.18 Å². The quantitative estimate of drug-likeness (QED) is 0.908. The number of nitrogens with one attached hydrogen (secondary N) is 1. The SMILES string of the molecule is Cl.NCCNC(=O)c1ncsc1-c1cccc(F)c1. The van der Waals surface area contributed by atoms with Gasteiger partial charge in [0, 0.05) is 13.1 Å². The van der Waals surface area contributed by atoms with Gasteiger partial charge in [-0.2, -0.15) is 0 Å². The van der Waals surface area contributed by atoms with Gasteiger partial charge >= 0.3 is 0 Å². The van der Waals surface area contributed by atoms with Crippen LogP contribution in [0.25, 0.3) is 10.4 Å². The van der Waals surface area contributed by atoms with E-state index in [1.807, 2.05) is 0 Å². The van der Waals surface area contributed by atoms with Gasteiger partial charge in [-0.15, -0.1) is 23.7 Å². The third-order valence-electron chi connectivity index (χ3n) is 2.30. The largest absolute Gasteiger partial charge is 0.349 e. The maximum atomic E-state index is 13.2. The minimum absolute atomic E-state index is 0. The second-order valence-corrected chi connectivity index (χ2v) is 4.44. The second kappa shape index (κ2) is 7.18. The van der Waals surface area contributed by atoms with Crippen LogP contribution >= 0.6 is 23.7 Å². The number of carbonyl (C=O) groups excluding carboxylic acids is 1. The number of benzene rings is 1. The van der Waals surface area contributed by atoms with Crippen LogP contribution in [0.15, 0.2) is 29.8 Å². The van der Waals surface area contributed by atoms with E-state index in [0.717, 1.165) is 0 Å². The van der Waals surface area contributed by atoms with Gasteiger partial charge in [0.2, 0.25) is 0 Å². The molecular formula is C12H13ClFN3OS. The highest BCUT2D eigenvalue weighted by Crippen LogP contribution is 2.27. The molecule has 4 nitrogen and oxygen atoms in total. The highest BCUT2D eigenvalue weighted by atomic mass is 35.5. The first-order valence-corrected chi connectivity index (χ1v) is 6.28. The maximum Gasteiger partial charge on any atom is 0.271 e. The number of thiazole rings is 1. The Balaban J connectivity index is 0.00000180. The van der Waals surface area contributed by atoms with E-state index in [0.29, 0.717) is 29.2 Å². The summed E-state index contributed by atoms with van der Waals surface area (Å²) in [6, 6.07) is 6.09. The maximum absolute atomic E-state index is 13.2. The fourth-order valence-corrected chi connectivity index (χ4v) is 2.30. The predicted octanol–water partition coefficient (Wildman–Crippen LogP) is 2.06. The molecule has 1 aromatic heterocycles. The Hall–Kier alpha value is -1.50. The Morgan fingerprint density at radius 1 is 1.47 bits per heavy atom. The molecule has 0 saturated carbocycles. The summed E-state index contributed by atoms with van der Waals surface area (Å²) in [4.78, 5) is 16.5. The summed E-state index contributed by atoms with van der Waals surface area (Å²) >= 11 is 1.30. The standard InChI is InChI=1S/C12H12FN3OS.ClH/c13-9-3-1-2-8(6-9)11-10(16-7-18-11)12(17)15-5-4-14;/h1-3,6-7H,4-5,14H2,(H,15,17);1H. The summed E-state index contributed by atoms with van der Waals surface area (Å²) in [5.41, 5.74) is 7.84. The molecule has 2 aromatic rings. The van der Waals surface area contributed by atoms with Crippen molar-refractivity contribution >= 4 is 29.7 Å². The number of hydrogen-bond donors (Lipinski definition) is 2. The van der Waals surface area contributed by atoms with E-state index in [-0.39, 0.29) is 24.1 Å². The number of amides is 1. The lowest BCUT2D eigenvalue weighted by atomic mass is 10.1. The molecule has 19 heavy (non-hydrogen) atoms. The van der Waals surface area contributed by atoms with Gasteiger partial charge in [0.05, 0.1) is 10.4 Å². The minimum atomic E-state index is -0.339. The van der Waals surface area contributed by atoms with E-state index < -0.39 is 0 Å². The summed E-state index contributed by atoms with van der Waals surface area (Å²) in [6.45, 7) is 0.754. The number of halogens is 2. The molecule has 0 aliphatic carbocycles. The van der Waals surface area contributed by atoms with Crippen LogP contribution in [0, 0.1) is 5.82 Å². The Labute approximate surface area is 120 Å². The summed E-state index contributed by atoms with van der Waals surface area (Å²) in [5.74, 6) is -0.629. The van der Waals surface area contributed by atoms with Crippen LogP contribution in [0.4, 0.5) is 4.39 Å². The van der Waals surface area contributed by atoms with Crippen LogP contribution in [-0.2, 0) is 0 Å². The topological polar surface area (TPSA) is 68.0 Å². The zero-order valence-corrected chi connectivity index (χ0v) is 11.6. The predicted molar refractivity (Wildman–Crippen MR) is 76.1 cm³/mol. The number of aromatic nitrogens is 1. The molecule has 1 amide bonds. The van der Waals surface area contributed by atoms with Crippen LogP contribution in [-0.4, -0.2) is 24.0 Å². The molecule has 0 atom stereocenters. The first-order chi connectivity index (χ1) is 8.72. The Morgan fingerprint density at radius 2 is 2.26 bits per heavy atom. The van der Waals surface area contributed by atoms with Gasteiger partial charge in [-0.05, 0) is 17.7 Å². The molecule has 0 saturated heterocycles. The highest BCUT2D eigenvalue weighted by Gasteiger charge is 2.15. The first kappa shape index (κ1) is 15.6. The van der Waals surface area contributed by atoms with Crippen molar-refractivity contribution in [2.45, 2.75) is 0 Å². The Morgan fingerprint density at radius 3 is 2.95 bits per heavy atom. The average molecular weight is 302 g/mol. The lowest BCUT2D eigenvalue weighted by Crippen LogP contribution is -2.29. The summed E-state index contributed by atoms with van der Waals surface area (Å²) in [7, 11) is 0. The highest BCUT2D eigenvalue weighted by molar-refractivity contribution is 7.13. The van der Waals surface area contributed by atoms with Crippen LogP contribution in [0.3, 0.4) is 0 Å². The minimum Gasteiger partial charge on any atom is -0.349 e. The molecule has 0 bridgehead atoms. The lowest BCUT2D eigenvalue weighted by molar-refractivity contribution is 0.0951. The van der Waals surface area contributed by atoms with Gasteiger partial charge in [-0.1, -0.05) is 12.1 Å². The molecule has 1 heterocycles. The summed E-state index contributed by atoms with van der Waals surface area (Å²) in [5, 5.41) is 2.65. The molecule has 7 heteroatoms. The number of nitrogens with zero attached hydrogens (tertiary/aromatic N) is 1. The molecule has 0 spiro atoms. The lowest BCUT2D eigenvalue weighted by Gasteiger charge is -2.04. The summed E-state index contributed by atoms with van der Waals surface area (Å²) in [6.07, 6.45) is 0. The molecule has 0 unspecified atom stereocenters.